The molecule has 1 aromatic carbocycles. The zero-order valence-electron chi connectivity index (χ0n) is 11.7. The highest BCUT2D eigenvalue weighted by Gasteiger charge is 2.29. The number of nitrogens with zero attached hydrogens (tertiary/aromatic N) is 2. The largest absolute Gasteiger partial charge is 0.368 e. The summed E-state index contributed by atoms with van der Waals surface area (Å²) < 4.78 is 0. The SMILES string of the molecule is CCN(c1cc(CNC)nc2ccccc12)C1CC1. The molecule has 1 heterocycles. The van der Waals surface area contributed by atoms with Crippen LogP contribution in [-0.4, -0.2) is 24.6 Å². The van der Waals surface area contributed by atoms with E-state index in [4.69, 9.17) is 4.98 Å². The molecule has 1 aromatic heterocycles. The maximum atomic E-state index is 4.73. The molecule has 19 heavy (non-hydrogen) atoms. The second kappa shape index (κ2) is 5.17. The topological polar surface area (TPSA) is 28.2 Å². The summed E-state index contributed by atoms with van der Waals surface area (Å²) in [7, 11) is 1.97. The van der Waals surface area contributed by atoms with E-state index >= 15 is 0 Å². The molecule has 0 aliphatic heterocycles. The van der Waals surface area contributed by atoms with Crippen LogP contribution in [0.1, 0.15) is 25.5 Å². The van der Waals surface area contributed by atoms with Gasteiger partial charge in [-0.25, -0.2) is 0 Å². The van der Waals surface area contributed by atoms with Crippen LogP contribution in [0.2, 0.25) is 0 Å². The molecule has 0 atom stereocenters. The van der Waals surface area contributed by atoms with E-state index in [9.17, 15) is 0 Å². The summed E-state index contributed by atoms with van der Waals surface area (Å²) >= 11 is 0. The van der Waals surface area contributed by atoms with Crippen molar-refractivity contribution in [2.45, 2.75) is 32.4 Å². The number of pyridine rings is 1. The highest BCUT2D eigenvalue weighted by molar-refractivity contribution is 5.92. The number of aromatic nitrogens is 1. The van der Waals surface area contributed by atoms with E-state index in [0.717, 1.165) is 30.3 Å². The molecular weight excluding hydrogens is 234 g/mol. The maximum absolute atomic E-state index is 4.73. The van der Waals surface area contributed by atoms with Gasteiger partial charge in [-0.1, -0.05) is 18.2 Å². The third-order valence-electron chi connectivity index (χ3n) is 3.74. The fourth-order valence-corrected chi connectivity index (χ4v) is 2.73. The molecule has 1 saturated carbocycles. The first-order chi connectivity index (χ1) is 9.33. The molecule has 0 saturated heterocycles. The van der Waals surface area contributed by atoms with Gasteiger partial charge in [0.2, 0.25) is 0 Å². The lowest BCUT2D eigenvalue weighted by molar-refractivity contribution is 0.788. The van der Waals surface area contributed by atoms with Gasteiger partial charge in [-0.2, -0.15) is 0 Å². The highest BCUT2D eigenvalue weighted by atomic mass is 15.2. The number of fused-ring (bicyclic) bond motifs is 1. The summed E-state index contributed by atoms with van der Waals surface area (Å²) in [4.78, 5) is 7.26. The second-order valence-corrected chi connectivity index (χ2v) is 5.20. The fraction of sp³-hybridized carbons (Fsp3) is 0.438. The monoisotopic (exact) mass is 255 g/mol. The predicted octanol–water partition coefficient (Wildman–Crippen LogP) is 2.94. The molecule has 1 aliphatic rings. The van der Waals surface area contributed by atoms with Crippen LogP contribution in [0.3, 0.4) is 0 Å². The van der Waals surface area contributed by atoms with Gasteiger partial charge >= 0.3 is 0 Å². The molecule has 0 radical (unpaired) electrons. The fourth-order valence-electron chi connectivity index (χ4n) is 2.73. The normalized spacial score (nSPS) is 14.8. The van der Waals surface area contributed by atoms with Gasteiger partial charge < -0.3 is 10.2 Å². The summed E-state index contributed by atoms with van der Waals surface area (Å²) in [6, 6.07) is 11.4. The van der Waals surface area contributed by atoms with Crippen molar-refractivity contribution >= 4 is 16.6 Å². The minimum atomic E-state index is 0.734. The van der Waals surface area contributed by atoms with E-state index in [1.807, 2.05) is 7.05 Å². The minimum absolute atomic E-state index is 0.734. The van der Waals surface area contributed by atoms with Crippen molar-refractivity contribution in [3.63, 3.8) is 0 Å². The lowest BCUT2D eigenvalue weighted by Gasteiger charge is -2.25. The van der Waals surface area contributed by atoms with Crippen molar-refractivity contribution in [3.8, 4) is 0 Å². The Bertz CT molecular complexity index is 575. The molecule has 3 heteroatoms. The van der Waals surface area contributed by atoms with Gasteiger partial charge in [0, 0.05) is 30.2 Å². The Morgan fingerprint density at radius 1 is 1.32 bits per heavy atom. The number of benzene rings is 1. The summed E-state index contributed by atoms with van der Waals surface area (Å²) in [5.41, 5.74) is 3.57. The lowest BCUT2D eigenvalue weighted by Crippen LogP contribution is -2.25. The van der Waals surface area contributed by atoms with E-state index < -0.39 is 0 Å². The van der Waals surface area contributed by atoms with Gasteiger partial charge in [-0.15, -0.1) is 0 Å². The molecular formula is C16H21N3. The van der Waals surface area contributed by atoms with Crippen LogP contribution in [0, 0.1) is 0 Å². The van der Waals surface area contributed by atoms with Crippen molar-refractivity contribution in [2.75, 3.05) is 18.5 Å². The first-order valence-corrected chi connectivity index (χ1v) is 7.13. The molecule has 0 amide bonds. The first-order valence-electron chi connectivity index (χ1n) is 7.13. The zero-order valence-corrected chi connectivity index (χ0v) is 11.7. The Hall–Kier alpha value is -1.61. The number of rotatable bonds is 5. The number of anilines is 1. The summed E-state index contributed by atoms with van der Waals surface area (Å²) in [5.74, 6) is 0. The van der Waals surface area contributed by atoms with Crippen molar-refractivity contribution in [1.29, 1.82) is 0 Å². The van der Waals surface area contributed by atoms with Gasteiger partial charge in [-0.3, -0.25) is 4.98 Å². The Balaban J connectivity index is 2.13. The van der Waals surface area contributed by atoms with Crippen LogP contribution < -0.4 is 10.2 Å². The Labute approximate surface area is 114 Å². The van der Waals surface area contributed by atoms with Crippen LogP contribution >= 0.6 is 0 Å². The molecule has 100 valence electrons. The second-order valence-electron chi connectivity index (χ2n) is 5.20. The van der Waals surface area contributed by atoms with Crippen LogP contribution in [0.4, 0.5) is 5.69 Å². The summed E-state index contributed by atoms with van der Waals surface area (Å²) in [6.07, 6.45) is 2.65. The maximum Gasteiger partial charge on any atom is 0.0726 e. The van der Waals surface area contributed by atoms with Gasteiger partial charge in [-0.05, 0) is 38.9 Å². The average Bonchev–Trinajstić information content (AvgIpc) is 3.25. The van der Waals surface area contributed by atoms with Crippen molar-refractivity contribution in [3.05, 3.63) is 36.0 Å². The number of hydrogen-bond acceptors (Lipinski definition) is 3. The number of hydrogen-bond donors (Lipinski definition) is 1. The molecule has 0 bridgehead atoms. The Morgan fingerprint density at radius 3 is 2.79 bits per heavy atom. The van der Waals surface area contributed by atoms with Crippen molar-refractivity contribution < 1.29 is 0 Å². The van der Waals surface area contributed by atoms with Crippen LogP contribution in [-0.2, 0) is 6.54 Å². The van der Waals surface area contributed by atoms with Crippen LogP contribution in [0.15, 0.2) is 30.3 Å². The van der Waals surface area contributed by atoms with Crippen LogP contribution in [0.5, 0.6) is 0 Å². The third kappa shape index (κ3) is 2.43. The summed E-state index contributed by atoms with van der Waals surface area (Å²) in [5, 5.41) is 4.47. The average molecular weight is 255 g/mol. The molecule has 0 unspecified atom stereocenters. The summed E-state index contributed by atoms with van der Waals surface area (Å²) in [6.45, 7) is 4.13. The van der Waals surface area contributed by atoms with Gasteiger partial charge in [0.1, 0.15) is 0 Å². The van der Waals surface area contributed by atoms with E-state index in [2.05, 4.69) is 47.5 Å². The van der Waals surface area contributed by atoms with Crippen LogP contribution in [0.25, 0.3) is 10.9 Å². The molecule has 3 rings (SSSR count). The van der Waals surface area contributed by atoms with Gasteiger partial charge in [0.25, 0.3) is 0 Å². The van der Waals surface area contributed by atoms with Crippen molar-refractivity contribution in [2.24, 2.45) is 0 Å². The quantitative estimate of drug-likeness (QED) is 0.890. The van der Waals surface area contributed by atoms with E-state index in [1.165, 1.54) is 23.9 Å². The smallest absolute Gasteiger partial charge is 0.0726 e. The van der Waals surface area contributed by atoms with Gasteiger partial charge in [0.15, 0.2) is 0 Å². The zero-order chi connectivity index (χ0) is 13.2. The van der Waals surface area contributed by atoms with E-state index in [0.29, 0.717) is 0 Å². The van der Waals surface area contributed by atoms with E-state index in [-0.39, 0.29) is 0 Å². The lowest BCUT2D eigenvalue weighted by atomic mass is 10.1. The van der Waals surface area contributed by atoms with Crippen molar-refractivity contribution in [1.82, 2.24) is 10.3 Å². The highest BCUT2D eigenvalue weighted by Crippen LogP contribution is 2.35. The third-order valence-corrected chi connectivity index (χ3v) is 3.74. The number of para-hydroxylation sites is 1. The van der Waals surface area contributed by atoms with E-state index in [1.54, 1.807) is 0 Å². The predicted molar refractivity (Wildman–Crippen MR) is 80.5 cm³/mol. The van der Waals surface area contributed by atoms with Gasteiger partial charge in [0.05, 0.1) is 11.2 Å². The first kappa shape index (κ1) is 12.4. The molecule has 2 aromatic rings. The molecule has 0 spiro atoms. The number of nitrogens with one attached hydrogen (secondary N) is 1. The Morgan fingerprint density at radius 2 is 2.11 bits per heavy atom. The molecule has 1 N–H and O–H groups in total. The minimum Gasteiger partial charge on any atom is -0.368 e. The molecule has 1 aliphatic carbocycles. The molecule has 3 nitrogen and oxygen atoms in total. The Kier molecular flexibility index (Phi) is 3.38. The standard InChI is InChI=1S/C16H21N3/c1-3-19(13-8-9-13)16-10-12(11-17-2)18-15-7-5-4-6-14(15)16/h4-7,10,13,17H,3,8-9,11H2,1-2H3. The molecule has 1 fully saturated rings.